The molecule has 2 aliphatic heterocycles. The largest absolute Gasteiger partial charge is 0.490 e. The first-order valence-corrected chi connectivity index (χ1v) is 10.1. The monoisotopic (exact) mass is 406 g/mol. The minimum Gasteiger partial charge on any atom is -0.490 e. The fourth-order valence-corrected chi connectivity index (χ4v) is 3.32. The van der Waals surface area contributed by atoms with Crippen LogP contribution in [-0.4, -0.2) is 33.8 Å². The second-order valence-corrected chi connectivity index (χ2v) is 7.86. The van der Waals surface area contributed by atoms with Gasteiger partial charge in [-0.25, -0.2) is 0 Å². The molecule has 0 radical (unpaired) electrons. The predicted octanol–water partition coefficient (Wildman–Crippen LogP) is 4.59. The maximum Gasteiger partial charge on any atom is 0.176 e. The van der Waals surface area contributed by atoms with Crippen LogP contribution in [0.15, 0.2) is 59.1 Å². The van der Waals surface area contributed by atoms with Crippen molar-refractivity contribution in [2.45, 2.75) is 50.7 Å². The van der Waals surface area contributed by atoms with Crippen LogP contribution in [0.3, 0.4) is 0 Å². The fourth-order valence-electron chi connectivity index (χ4n) is 3.32. The summed E-state index contributed by atoms with van der Waals surface area (Å²) in [5.74, 6) is 1.14. The Kier molecular flexibility index (Phi) is 5.65. The molecule has 156 valence electrons. The van der Waals surface area contributed by atoms with Crippen LogP contribution in [0.25, 0.3) is 10.8 Å². The van der Waals surface area contributed by atoms with E-state index in [1.165, 1.54) is 0 Å². The third-order valence-electron chi connectivity index (χ3n) is 5.19. The van der Waals surface area contributed by atoms with Crippen LogP contribution in [0.4, 0.5) is 11.6 Å². The number of benzene rings is 1. The Hall–Kier alpha value is -3.42. The molecule has 30 heavy (non-hydrogen) atoms. The molecule has 4 rings (SSSR count). The van der Waals surface area contributed by atoms with E-state index in [1.54, 1.807) is 25.0 Å². The molecule has 0 saturated carbocycles. The highest BCUT2D eigenvalue weighted by Gasteiger charge is 2.25. The van der Waals surface area contributed by atoms with Gasteiger partial charge in [0, 0.05) is 10.8 Å². The zero-order valence-corrected chi connectivity index (χ0v) is 17.2. The summed E-state index contributed by atoms with van der Waals surface area (Å²) in [6.07, 6.45) is 14.7. The number of hydrazone groups is 2. The molecule has 0 amide bonds. The Bertz CT molecular complexity index is 937. The second-order valence-electron chi connectivity index (χ2n) is 7.86. The van der Waals surface area contributed by atoms with Gasteiger partial charge in [-0.3, -0.25) is 10.9 Å². The molecule has 1 aromatic carbocycles. The molecule has 0 fully saturated rings. The Morgan fingerprint density at radius 3 is 1.70 bits per heavy atom. The SMILES string of the molecule is C[C@]1(/C=N/Nc2nnc(N/N=C\[C@]3(C)CCC=CO3)c3ccccc23)CCC=CO1. The molecule has 2 atom stereocenters. The molecular formula is C22H26N6O2. The van der Waals surface area contributed by atoms with Crippen molar-refractivity contribution in [3.8, 4) is 0 Å². The van der Waals surface area contributed by atoms with Crippen molar-refractivity contribution in [1.29, 1.82) is 0 Å². The fraction of sp³-hybridized carbons (Fsp3) is 0.364. The molecular weight excluding hydrogens is 380 g/mol. The van der Waals surface area contributed by atoms with Gasteiger partial charge >= 0.3 is 0 Å². The molecule has 0 aliphatic carbocycles. The highest BCUT2D eigenvalue weighted by molar-refractivity contribution is 5.98. The summed E-state index contributed by atoms with van der Waals surface area (Å²) < 4.78 is 11.3. The zero-order valence-electron chi connectivity index (χ0n) is 17.2. The van der Waals surface area contributed by atoms with Gasteiger partial charge < -0.3 is 9.47 Å². The lowest BCUT2D eigenvalue weighted by atomic mass is 10.00. The third-order valence-corrected chi connectivity index (χ3v) is 5.19. The molecule has 0 spiro atoms. The highest BCUT2D eigenvalue weighted by atomic mass is 16.5. The lowest BCUT2D eigenvalue weighted by Crippen LogP contribution is -2.30. The molecule has 0 bridgehead atoms. The van der Waals surface area contributed by atoms with Gasteiger partial charge in [0.25, 0.3) is 0 Å². The Morgan fingerprint density at radius 1 is 0.833 bits per heavy atom. The van der Waals surface area contributed by atoms with Crippen molar-refractivity contribution in [3.05, 3.63) is 48.9 Å². The summed E-state index contributed by atoms with van der Waals surface area (Å²) in [5, 5.41) is 19.0. The van der Waals surface area contributed by atoms with Gasteiger partial charge in [-0.15, -0.1) is 10.2 Å². The van der Waals surface area contributed by atoms with Crippen LogP contribution in [0.1, 0.15) is 39.5 Å². The molecule has 0 unspecified atom stereocenters. The molecule has 2 aliphatic rings. The lowest BCUT2D eigenvalue weighted by Gasteiger charge is -2.27. The maximum atomic E-state index is 5.67. The number of hydrogen-bond donors (Lipinski definition) is 2. The topological polar surface area (TPSA) is 93.0 Å². The van der Waals surface area contributed by atoms with Gasteiger partial charge in [0.1, 0.15) is 11.2 Å². The first-order chi connectivity index (χ1) is 14.6. The van der Waals surface area contributed by atoms with Crippen molar-refractivity contribution in [3.63, 3.8) is 0 Å². The van der Waals surface area contributed by atoms with E-state index in [0.717, 1.165) is 36.5 Å². The molecule has 2 aromatic rings. The van der Waals surface area contributed by atoms with Crippen molar-refractivity contribution in [2.24, 2.45) is 10.2 Å². The van der Waals surface area contributed by atoms with E-state index in [2.05, 4.69) is 31.3 Å². The van der Waals surface area contributed by atoms with Gasteiger partial charge in [-0.2, -0.15) is 10.2 Å². The normalized spacial score (nSPS) is 26.1. The van der Waals surface area contributed by atoms with E-state index in [1.807, 2.05) is 50.3 Å². The van der Waals surface area contributed by atoms with Gasteiger partial charge in [0.05, 0.1) is 25.0 Å². The number of aromatic nitrogens is 2. The molecule has 1 aromatic heterocycles. The first kappa shape index (κ1) is 19.9. The van der Waals surface area contributed by atoms with Crippen LogP contribution < -0.4 is 10.9 Å². The molecule has 8 nitrogen and oxygen atoms in total. The van der Waals surface area contributed by atoms with Gasteiger partial charge in [0.15, 0.2) is 11.6 Å². The van der Waals surface area contributed by atoms with Crippen LogP contribution in [0.2, 0.25) is 0 Å². The van der Waals surface area contributed by atoms with Crippen molar-refractivity contribution >= 4 is 34.8 Å². The standard InChI is InChI=1S/C22H26N6O2/c1-21(11-5-7-13-29-21)15-23-25-19-17-9-3-4-10-18(17)20(28-27-19)26-24-16-22(2)12-6-8-14-30-22/h3-4,7-10,13-16H,5-6,11-12H2,1-2H3,(H,25,27)(H,26,28)/b23-15-,24-16+/t21-,22+/m0/s1. The summed E-state index contributed by atoms with van der Waals surface area (Å²) in [6.45, 7) is 4.01. The zero-order chi connectivity index (χ0) is 20.9. The maximum absolute atomic E-state index is 5.67. The van der Waals surface area contributed by atoms with E-state index in [0.29, 0.717) is 11.6 Å². The summed E-state index contributed by atoms with van der Waals surface area (Å²) in [4.78, 5) is 0. The Morgan fingerprint density at radius 2 is 1.30 bits per heavy atom. The minimum absolute atomic E-state index is 0.423. The molecule has 8 heteroatoms. The second kappa shape index (κ2) is 8.52. The number of anilines is 2. The smallest absolute Gasteiger partial charge is 0.176 e. The van der Waals surface area contributed by atoms with Crippen LogP contribution in [0, 0.1) is 0 Å². The summed E-state index contributed by atoms with van der Waals surface area (Å²) in [7, 11) is 0. The van der Waals surface area contributed by atoms with Crippen LogP contribution in [-0.2, 0) is 9.47 Å². The van der Waals surface area contributed by atoms with E-state index in [9.17, 15) is 0 Å². The average molecular weight is 406 g/mol. The number of nitrogens with one attached hydrogen (secondary N) is 2. The number of rotatable bonds is 6. The quantitative estimate of drug-likeness (QED) is 0.538. The number of hydrogen-bond acceptors (Lipinski definition) is 8. The number of fused-ring (bicyclic) bond motifs is 1. The van der Waals surface area contributed by atoms with Crippen molar-refractivity contribution in [2.75, 3.05) is 10.9 Å². The van der Waals surface area contributed by atoms with Crippen molar-refractivity contribution in [1.82, 2.24) is 10.2 Å². The minimum atomic E-state index is -0.423. The van der Waals surface area contributed by atoms with Crippen LogP contribution >= 0.6 is 0 Å². The average Bonchev–Trinajstić information content (AvgIpc) is 2.76. The van der Waals surface area contributed by atoms with Gasteiger partial charge in [-0.1, -0.05) is 24.3 Å². The Balaban J connectivity index is 1.50. The van der Waals surface area contributed by atoms with Crippen LogP contribution in [0.5, 0.6) is 0 Å². The molecule has 2 N–H and O–H groups in total. The molecule has 3 heterocycles. The highest BCUT2D eigenvalue weighted by Crippen LogP contribution is 2.27. The summed E-state index contributed by atoms with van der Waals surface area (Å²) in [5.41, 5.74) is 5.15. The summed E-state index contributed by atoms with van der Waals surface area (Å²) in [6, 6.07) is 7.83. The van der Waals surface area contributed by atoms with Gasteiger partial charge in [0.2, 0.25) is 0 Å². The van der Waals surface area contributed by atoms with E-state index < -0.39 is 11.2 Å². The third kappa shape index (κ3) is 4.59. The van der Waals surface area contributed by atoms with E-state index >= 15 is 0 Å². The number of allylic oxidation sites excluding steroid dienone is 2. The number of ether oxygens (including phenoxy) is 2. The molecule has 0 saturated heterocycles. The van der Waals surface area contributed by atoms with Gasteiger partial charge in [-0.05, 0) is 51.7 Å². The summed E-state index contributed by atoms with van der Waals surface area (Å²) >= 11 is 0. The van der Waals surface area contributed by atoms with E-state index in [-0.39, 0.29) is 0 Å². The lowest BCUT2D eigenvalue weighted by molar-refractivity contribution is 0.0899. The Labute approximate surface area is 175 Å². The number of nitrogens with zero attached hydrogens (tertiary/aromatic N) is 4. The predicted molar refractivity (Wildman–Crippen MR) is 119 cm³/mol. The van der Waals surface area contributed by atoms with E-state index in [4.69, 9.17) is 9.47 Å². The first-order valence-electron chi connectivity index (χ1n) is 10.1. The van der Waals surface area contributed by atoms with Crippen molar-refractivity contribution < 1.29 is 9.47 Å².